The minimum Gasteiger partial charge on any atom is -0.494 e. The molecule has 2 aromatic rings. The van der Waals surface area contributed by atoms with Gasteiger partial charge < -0.3 is 9.47 Å². The third-order valence-corrected chi connectivity index (χ3v) is 5.64. The van der Waals surface area contributed by atoms with Crippen LogP contribution in [0.2, 0.25) is 5.02 Å². The van der Waals surface area contributed by atoms with Gasteiger partial charge in [-0.1, -0.05) is 23.4 Å². The normalized spacial score (nSPS) is 15.5. The molecule has 1 aliphatic rings. The van der Waals surface area contributed by atoms with E-state index in [1.165, 1.54) is 0 Å². The largest absolute Gasteiger partial charge is 0.494 e. The van der Waals surface area contributed by atoms with E-state index >= 15 is 0 Å². The zero-order chi connectivity index (χ0) is 19.9. The molecule has 0 spiro atoms. The Hall–Kier alpha value is -2.18. The molecule has 0 saturated carbocycles. The molecule has 148 valence electrons. The van der Waals surface area contributed by atoms with Gasteiger partial charge in [0.25, 0.3) is 5.91 Å². The topological polar surface area (TPSA) is 51.1 Å². The number of aryl methyl sites for hydroxylation is 1. The molecule has 7 heteroatoms. The smallest absolute Gasteiger partial charge is 0.266 e. The van der Waals surface area contributed by atoms with E-state index in [2.05, 4.69) is 4.99 Å². The van der Waals surface area contributed by atoms with Crippen LogP contribution in [0.4, 0.5) is 5.69 Å². The Morgan fingerprint density at radius 3 is 2.64 bits per heavy atom. The summed E-state index contributed by atoms with van der Waals surface area (Å²) in [6, 6.07) is 12.9. The van der Waals surface area contributed by atoms with Crippen LogP contribution in [-0.4, -0.2) is 41.5 Å². The lowest BCUT2D eigenvalue weighted by Gasteiger charge is -2.27. The Bertz CT molecular complexity index is 855. The first-order valence-electron chi connectivity index (χ1n) is 9.20. The number of ether oxygens (including phenoxy) is 2. The van der Waals surface area contributed by atoms with Crippen LogP contribution in [0.3, 0.4) is 0 Å². The fourth-order valence-electron chi connectivity index (χ4n) is 2.71. The lowest BCUT2D eigenvalue weighted by molar-refractivity contribution is -0.129. The lowest BCUT2D eigenvalue weighted by Crippen LogP contribution is -2.41. The number of amidine groups is 1. The molecule has 2 aromatic carbocycles. The monoisotopic (exact) mass is 418 g/mol. The average molecular weight is 419 g/mol. The summed E-state index contributed by atoms with van der Waals surface area (Å²) >= 11 is 7.62. The average Bonchev–Trinajstić information content (AvgIpc) is 2.71. The number of carbonyl (C=O) groups is 1. The number of thioether (sulfide) groups is 1. The molecular weight excluding hydrogens is 396 g/mol. The van der Waals surface area contributed by atoms with E-state index in [0.29, 0.717) is 29.1 Å². The van der Waals surface area contributed by atoms with Crippen molar-refractivity contribution in [3.8, 4) is 11.5 Å². The van der Waals surface area contributed by atoms with Crippen molar-refractivity contribution in [2.24, 2.45) is 4.99 Å². The summed E-state index contributed by atoms with van der Waals surface area (Å²) in [7, 11) is 0. The molecule has 1 fully saturated rings. The second-order valence-corrected chi connectivity index (χ2v) is 7.74. The van der Waals surface area contributed by atoms with Crippen LogP contribution in [0.15, 0.2) is 47.5 Å². The molecular formula is C21H23ClN2O3S. The second kappa shape index (κ2) is 9.85. The van der Waals surface area contributed by atoms with Crippen LogP contribution in [0.5, 0.6) is 11.5 Å². The lowest BCUT2D eigenvalue weighted by atomic mass is 10.2. The standard InChI is InChI=1S/C21H23ClN2O3S/c1-3-26-17-7-5-16(6-8-17)23-21-24(11-4-12-28-21)20(25)14-27-18-9-10-19(22)15(2)13-18/h5-10,13H,3-4,11-12,14H2,1-2H3. The highest BCUT2D eigenvalue weighted by molar-refractivity contribution is 8.13. The van der Waals surface area contributed by atoms with Crippen LogP contribution < -0.4 is 9.47 Å². The number of halogens is 1. The SMILES string of the molecule is CCOc1ccc(N=C2SCCCN2C(=O)COc2ccc(Cl)c(C)c2)cc1. The first-order chi connectivity index (χ1) is 13.6. The molecule has 0 bridgehead atoms. The summed E-state index contributed by atoms with van der Waals surface area (Å²) in [5, 5.41) is 1.38. The van der Waals surface area contributed by atoms with E-state index in [-0.39, 0.29) is 12.5 Å². The second-order valence-electron chi connectivity index (χ2n) is 6.27. The quantitative estimate of drug-likeness (QED) is 0.656. The van der Waals surface area contributed by atoms with Crippen molar-refractivity contribution in [3.63, 3.8) is 0 Å². The van der Waals surface area contributed by atoms with Gasteiger partial charge in [0.15, 0.2) is 11.8 Å². The third kappa shape index (κ3) is 5.42. The van der Waals surface area contributed by atoms with Gasteiger partial charge in [0.2, 0.25) is 0 Å². The van der Waals surface area contributed by atoms with E-state index in [1.807, 2.05) is 44.2 Å². The summed E-state index contributed by atoms with van der Waals surface area (Å²) in [4.78, 5) is 19.1. The van der Waals surface area contributed by atoms with Gasteiger partial charge in [0.1, 0.15) is 11.5 Å². The number of aliphatic imine (C=N–C) groups is 1. The molecule has 1 saturated heterocycles. The summed E-state index contributed by atoms with van der Waals surface area (Å²) in [6.45, 7) is 5.08. The van der Waals surface area contributed by atoms with Gasteiger partial charge in [-0.25, -0.2) is 4.99 Å². The molecule has 28 heavy (non-hydrogen) atoms. The van der Waals surface area contributed by atoms with Gasteiger partial charge in [-0.2, -0.15) is 0 Å². The fraction of sp³-hybridized carbons (Fsp3) is 0.333. The molecule has 0 atom stereocenters. The van der Waals surface area contributed by atoms with Gasteiger partial charge >= 0.3 is 0 Å². The first kappa shape index (κ1) is 20.6. The minimum absolute atomic E-state index is 0.0378. The molecule has 1 amide bonds. The Morgan fingerprint density at radius 2 is 1.93 bits per heavy atom. The van der Waals surface area contributed by atoms with Crippen molar-refractivity contribution in [1.82, 2.24) is 4.90 Å². The molecule has 1 heterocycles. The van der Waals surface area contributed by atoms with Crippen LogP contribution >= 0.6 is 23.4 Å². The number of rotatable bonds is 6. The molecule has 1 aliphatic heterocycles. The number of carbonyl (C=O) groups excluding carboxylic acids is 1. The molecule has 3 rings (SSSR count). The van der Waals surface area contributed by atoms with Crippen molar-refractivity contribution in [3.05, 3.63) is 53.1 Å². The Balaban J connectivity index is 1.67. The van der Waals surface area contributed by atoms with Crippen LogP contribution in [0.25, 0.3) is 0 Å². The number of hydrogen-bond donors (Lipinski definition) is 0. The van der Waals surface area contributed by atoms with Crippen LogP contribution in [0.1, 0.15) is 18.9 Å². The predicted octanol–water partition coefficient (Wildman–Crippen LogP) is 5.08. The Morgan fingerprint density at radius 1 is 1.18 bits per heavy atom. The zero-order valence-electron chi connectivity index (χ0n) is 16.0. The van der Waals surface area contributed by atoms with Crippen molar-refractivity contribution >= 4 is 40.1 Å². The highest BCUT2D eigenvalue weighted by atomic mass is 35.5. The van der Waals surface area contributed by atoms with E-state index < -0.39 is 0 Å². The van der Waals surface area contributed by atoms with Gasteiger partial charge in [-0.3, -0.25) is 9.69 Å². The highest BCUT2D eigenvalue weighted by Gasteiger charge is 2.24. The Kier molecular flexibility index (Phi) is 7.23. The number of amides is 1. The molecule has 0 radical (unpaired) electrons. The zero-order valence-corrected chi connectivity index (χ0v) is 17.6. The summed E-state index contributed by atoms with van der Waals surface area (Å²) < 4.78 is 11.1. The van der Waals surface area contributed by atoms with Crippen molar-refractivity contribution in [2.45, 2.75) is 20.3 Å². The number of benzene rings is 2. The van der Waals surface area contributed by atoms with E-state index in [4.69, 9.17) is 21.1 Å². The first-order valence-corrected chi connectivity index (χ1v) is 10.6. The summed E-state index contributed by atoms with van der Waals surface area (Å²) in [5.41, 5.74) is 1.71. The van der Waals surface area contributed by atoms with E-state index in [9.17, 15) is 4.79 Å². The van der Waals surface area contributed by atoms with E-state index in [1.54, 1.807) is 28.8 Å². The highest BCUT2D eigenvalue weighted by Crippen LogP contribution is 2.25. The van der Waals surface area contributed by atoms with Gasteiger partial charge in [-0.05, 0) is 68.3 Å². The number of hydrogen-bond acceptors (Lipinski definition) is 5. The minimum atomic E-state index is -0.107. The maximum Gasteiger partial charge on any atom is 0.266 e. The summed E-state index contributed by atoms with van der Waals surface area (Å²) in [6.07, 6.45) is 0.929. The molecule has 0 aliphatic carbocycles. The van der Waals surface area contributed by atoms with Crippen molar-refractivity contribution in [1.29, 1.82) is 0 Å². The molecule has 0 N–H and O–H groups in total. The van der Waals surface area contributed by atoms with Crippen LogP contribution in [0, 0.1) is 6.92 Å². The molecule has 0 aromatic heterocycles. The maximum atomic E-state index is 12.7. The molecule has 5 nitrogen and oxygen atoms in total. The van der Waals surface area contributed by atoms with E-state index in [0.717, 1.165) is 29.2 Å². The summed E-state index contributed by atoms with van der Waals surface area (Å²) in [5.74, 6) is 2.27. The Labute approximate surface area is 174 Å². The fourth-order valence-corrected chi connectivity index (χ4v) is 3.80. The van der Waals surface area contributed by atoms with Gasteiger partial charge in [-0.15, -0.1) is 0 Å². The predicted molar refractivity (Wildman–Crippen MR) is 115 cm³/mol. The maximum absolute atomic E-state index is 12.7. The van der Waals surface area contributed by atoms with Crippen molar-refractivity contribution in [2.75, 3.05) is 25.5 Å². The van der Waals surface area contributed by atoms with Gasteiger partial charge in [0, 0.05) is 17.3 Å². The third-order valence-electron chi connectivity index (χ3n) is 4.15. The van der Waals surface area contributed by atoms with Gasteiger partial charge in [0.05, 0.1) is 12.3 Å². The number of nitrogens with zero attached hydrogens (tertiary/aromatic N) is 2. The molecule has 0 unspecified atom stereocenters. The van der Waals surface area contributed by atoms with Crippen molar-refractivity contribution < 1.29 is 14.3 Å². The van der Waals surface area contributed by atoms with Crippen LogP contribution in [-0.2, 0) is 4.79 Å².